The lowest BCUT2D eigenvalue weighted by Gasteiger charge is -2.13. The number of carbonyl (C=O) groups excluding carboxylic acids is 1. The van der Waals surface area contributed by atoms with Crippen LogP contribution in [-0.4, -0.2) is 31.5 Å². The van der Waals surface area contributed by atoms with E-state index in [0.717, 1.165) is 18.9 Å². The van der Waals surface area contributed by atoms with E-state index < -0.39 is 0 Å². The van der Waals surface area contributed by atoms with Crippen LogP contribution in [0, 0.1) is 6.92 Å². The lowest BCUT2D eigenvalue weighted by molar-refractivity contribution is -0.121. The van der Waals surface area contributed by atoms with Crippen molar-refractivity contribution in [3.05, 3.63) is 21.9 Å². The van der Waals surface area contributed by atoms with Gasteiger partial charge in [0, 0.05) is 30.9 Å². The first-order valence-corrected chi connectivity index (χ1v) is 8.21. The number of halogens is 1. The molecule has 1 unspecified atom stereocenters. The van der Waals surface area contributed by atoms with Gasteiger partial charge < -0.3 is 16.0 Å². The topological polar surface area (TPSA) is 65.5 Å². The van der Waals surface area contributed by atoms with Crippen LogP contribution in [0.5, 0.6) is 0 Å². The summed E-state index contributed by atoms with van der Waals surface area (Å²) in [5.74, 6) is 0.792. The number of aliphatic imine (C=N–C) groups is 1. The van der Waals surface area contributed by atoms with Crippen LogP contribution >= 0.6 is 35.3 Å². The predicted molar refractivity (Wildman–Crippen MR) is 105 cm³/mol. The third kappa shape index (κ3) is 7.98. The number of rotatable bonds is 7. The van der Waals surface area contributed by atoms with Gasteiger partial charge in [-0.25, -0.2) is 0 Å². The summed E-state index contributed by atoms with van der Waals surface area (Å²) in [5, 5.41) is 11.4. The average molecular weight is 438 g/mol. The fraction of sp³-hybridized carbons (Fsp3) is 0.600. The van der Waals surface area contributed by atoms with Gasteiger partial charge in [0.1, 0.15) is 0 Å². The van der Waals surface area contributed by atoms with Gasteiger partial charge in [0.15, 0.2) is 5.96 Å². The highest BCUT2D eigenvalue weighted by Gasteiger charge is 2.06. The molecule has 0 aliphatic heterocycles. The van der Waals surface area contributed by atoms with Gasteiger partial charge in [-0.1, -0.05) is 6.92 Å². The second-order valence-electron chi connectivity index (χ2n) is 5.01. The number of hydrogen-bond acceptors (Lipinski definition) is 3. The summed E-state index contributed by atoms with van der Waals surface area (Å²) in [7, 11) is 1.73. The van der Waals surface area contributed by atoms with Crippen molar-refractivity contribution < 1.29 is 4.79 Å². The third-order valence-electron chi connectivity index (χ3n) is 3.27. The Kier molecular flexibility index (Phi) is 11.3. The van der Waals surface area contributed by atoms with Crippen LogP contribution in [-0.2, 0) is 11.3 Å². The minimum Gasteiger partial charge on any atom is -0.356 e. The van der Waals surface area contributed by atoms with E-state index in [9.17, 15) is 4.79 Å². The van der Waals surface area contributed by atoms with Gasteiger partial charge in [-0.3, -0.25) is 9.79 Å². The molecule has 1 heterocycles. The number of nitrogens with one attached hydrogen (secondary N) is 3. The number of hydrogen-bond donors (Lipinski definition) is 3. The molecule has 1 atom stereocenters. The molecule has 1 rings (SSSR count). The quantitative estimate of drug-likeness (QED) is 0.349. The van der Waals surface area contributed by atoms with Crippen LogP contribution in [0.4, 0.5) is 0 Å². The monoisotopic (exact) mass is 438 g/mol. The molecule has 0 aromatic carbocycles. The molecule has 1 amide bonds. The lowest BCUT2D eigenvalue weighted by Crippen LogP contribution is -2.40. The molecule has 7 heteroatoms. The van der Waals surface area contributed by atoms with E-state index in [2.05, 4.69) is 46.2 Å². The van der Waals surface area contributed by atoms with Crippen molar-refractivity contribution in [2.45, 2.75) is 46.2 Å². The second kappa shape index (κ2) is 11.7. The van der Waals surface area contributed by atoms with E-state index >= 15 is 0 Å². The van der Waals surface area contributed by atoms with Crippen molar-refractivity contribution in [2.24, 2.45) is 4.99 Å². The number of thiophene rings is 1. The fourth-order valence-electron chi connectivity index (χ4n) is 1.71. The summed E-state index contributed by atoms with van der Waals surface area (Å²) >= 11 is 1.73. The van der Waals surface area contributed by atoms with E-state index in [0.29, 0.717) is 13.0 Å². The van der Waals surface area contributed by atoms with Crippen LogP contribution < -0.4 is 16.0 Å². The molecule has 0 saturated heterocycles. The van der Waals surface area contributed by atoms with E-state index in [4.69, 9.17) is 0 Å². The first kappa shape index (κ1) is 21.2. The summed E-state index contributed by atoms with van der Waals surface area (Å²) < 4.78 is 0. The molecule has 0 aliphatic carbocycles. The Balaban J connectivity index is 0.00000441. The van der Waals surface area contributed by atoms with Crippen LogP contribution in [0.15, 0.2) is 16.4 Å². The number of guanidine groups is 1. The van der Waals surface area contributed by atoms with Gasteiger partial charge in [0.25, 0.3) is 0 Å². The summed E-state index contributed by atoms with van der Waals surface area (Å²) in [4.78, 5) is 17.1. The summed E-state index contributed by atoms with van der Waals surface area (Å²) in [6.07, 6.45) is 1.39. The molecule has 1 aromatic rings. The van der Waals surface area contributed by atoms with Gasteiger partial charge in [0.2, 0.25) is 5.91 Å². The largest absolute Gasteiger partial charge is 0.356 e. The molecule has 0 saturated carbocycles. The zero-order valence-corrected chi connectivity index (χ0v) is 16.9. The molecular weight excluding hydrogens is 411 g/mol. The maximum atomic E-state index is 11.7. The van der Waals surface area contributed by atoms with Crippen molar-refractivity contribution >= 4 is 47.2 Å². The Bertz CT molecular complexity index is 476. The van der Waals surface area contributed by atoms with Crippen LogP contribution in [0.25, 0.3) is 0 Å². The highest BCUT2D eigenvalue weighted by Crippen LogP contribution is 2.14. The lowest BCUT2D eigenvalue weighted by atomic mass is 10.2. The Hall–Kier alpha value is -0.830. The maximum absolute atomic E-state index is 11.7. The molecule has 1 aromatic heterocycles. The number of nitrogens with zero attached hydrogens (tertiary/aromatic N) is 1. The zero-order chi connectivity index (χ0) is 15.7. The Morgan fingerprint density at radius 3 is 2.68 bits per heavy atom. The molecule has 22 heavy (non-hydrogen) atoms. The normalized spacial score (nSPS) is 12.3. The number of carbonyl (C=O) groups is 1. The molecule has 5 nitrogen and oxygen atoms in total. The van der Waals surface area contributed by atoms with Crippen molar-refractivity contribution in [1.82, 2.24) is 16.0 Å². The molecule has 0 bridgehead atoms. The molecule has 0 spiro atoms. The van der Waals surface area contributed by atoms with E-state index in [-0.39, 0.29) is 35.9 Å². The van der Waals surface area contributed by atoms with E-state index in [1.165, 1.54) is 10.4 Å². The van der Waals surface area contributed by atoms with Crippen molar-refractivity contribution in [3.8, 4) is 0 Å². The highest BCUT2D eigenvalue weighted by molar-refractivity contribution is 14.0. The Morgan fingerprint density at radius 2 is 2.14 bits per heavy atom. The minimum atomic E-state index is 0. The smallest absolute Gasteiger partial charge is 0.221 e. The first-order valence-electron chi connectivity index (χ1n) is 7.33. The van der Waals surface area contributed by atoms with Crippen molar-refractivity contribution in [1.29, 1.82) is 0 Å². The Labute approximate surface area is 154 Å². The molecule has 126 valence electrons. The highest BCUT2D eigenvalue weighted by atomic mass is 127. The van der Waals surface area contributed by atoms with Gasteiger partial charge in [0.05, 0.1) is 6.54 Å². The summed E-state index contributed by atoms with van der Waals surface area (Å²) in [5.41, 5.74) is 1.29. The summed E-state index contributed by atoms with van der Waals surface area (Å²) in [6.45, 7) is 7.49. The van der Waals surface area contributed by atoms with Gasteiger partial charge >= 0.3 is 0 Å². The third-order valence-corrected chi connectivity index (χ3v) is 4.30. The van der Waals surface area contributed by atoms with E-state index in [1.807, 2.05) is 6.92 Å². The standard InChI is InChI=1S/C15H26N4OS.HI/c1-5-12(3)19-14(20)6-8-17-15(16-4)18-10-13-11(2)7-9-21-13;/h7,9,12H,5-6,8,10H2,1-4H3,(H,19,20)(H2,16,17,18);1H. The van der Waals surface area contributed by atoms with Gasteiger partial charge in [-0.2, -0.15) is 0 Å². The first-order chi connectivity index (χ1) is 10.1. The number of aryl methyl sites for hydroxylation is 1. The zero-order valence-electron chi connectivity index (χ0n) is 13.7. The van der Waals surface area contributed by atoms with Crippen LogP contribution in [0.2, 0.25) is 0 Å². The van der Waals surface area contributed by atoms with Crippen LogP contribution in [0.1, 0.15) is 37.1 Å². The number of amides is 1. The molecule has 0 radical (unpaired) electrons. The fourth-order valence-corrected chi connectivity index (χ4v) is 2.56. The molecule has 0 fully saturated rings. The van der Waals surface area contributed by atoms with Gasteiger partial charge in [-0.05, 0) is 37.3 Å². The van der Waals surface area contributed by atoms with Crippen molar-refractivity contribution in [2.75, 3.05) is 13.6 Å². The average Bonchev–Trinajstić information content (AvgIpc) is 2.87. The van der Waals surface area contributed by atoms with E-state index in [1.54, 1.807) is 18.4 Å². The second-order valence-corrected chi connectivity index (χ2v) is 6.01. The van der Waals surface area contributed by atoms with Crippen molar-refractivity contribution in [3.63, 3.8) is 0 Å². The maximum Gasteiger partial charge on any atom is 0.221 e. The predicted octanol–water partition coefficient (Wildman–Crippen LogP) is 2.64. The molecular formula is C15H27IN4OS. The SMILES string of the molecule is CCC(C)NC(=O)CCNC(=NC)NCc1sccc1C.I. The molecule has 3 N–H and O–H groups in total. The van der Waals surface area contributed by atoms with Crippen LogP contribution in [0.3, 0.4) is 0 Å². The molecule has 0 aliphatic rings. The minimum absolute atomic E-state index is 0. The van der Waals surface area contributed by atoms with Gasteiger partial charge in [-0.15, -0.1) is 35.3 Å². The Morgan fingerprint density at radius 1 is 1.41 bits per heavy atom. The summed E-state index contributed by atoms with van der Waals surface area (Å²) in [6, 6.07) is 2.34.